The number of unbranched alkanes of at least 4 members (excludes halogenated alkanes) is 1. The first-order valence-electron chi connectivity index (χ1n) is 9.21. The minimum atomic E-state index is -0.149. The summed E-state index contributed by atoms with van der Waals surface area (Å²) in [6, 6.07) is 17.2. The molecule has 7 nitrogen and oxygen atoms in total. The molecule has 0 aliphatic heterocycles. The summed E-state index contributed by atoms with van der Waals surface area (Å²) in [6.07, 6.45) is 3.06. The molecule has 1 heterocycles. The van der Waals surface area contributed by atoms with E-state index in [0.717, 1.165) is 24.0 Å². The van der Waals surface area contributed by atoms with Gasteiger partial charge in [0.25, 0.3) is 0 Å². The quantitative estimate of drug-likeness (QED) is 0.563. The minimum Gasteiger partial charge on any atom is -0.423 e. The average Bonchev–Trinajstić information content (AvgIpc) is 3.26. The van der Waals surface area contributed by atoms with Crippen LogP contribution in [-0.2, 0) is 11.3 Å². The predicted molar refractivity (Wildman–Crippen MR) is 107 cm³/mol. The molecular formula is C21H24N4O3. The molecule has 0 fully saturated rings. The summed E-state index contributed by atoms with van der Waals surface area (Å²) in [5.41, 5.74) is 2.52. The molecule has 3 rings (SSSR count). The average molecular weight is 380 g/mol. The van der Waals surface area contributed by atoms with E-state index in [4.69, 9.17) is 9.15 Å². The number of carbonyl (C=O) groups excluding carboxylic acids is 1. The maximum Gasteiger partial charge on any atom is 0.322 e. The largest absolute Gasteiger partial charge is 0.423 e. The number of anilines is 1. The molecular weight excluding hydrogens is 356 g/mol. The molecule has 0 unspecified atom stereocenters. The van der Waals surface area contributed by atoms with Gasteiger partial charge in [0.2, 0.25) is 12.3 Å². The lowest BCUT2D eigenvalue weighted by molar-refractivity contribution is 0.182. The maximum atomic E-state index is 12.9. The van der Waals surface area contributed by atoms with Gasteiger partial charge in [-0.05, 0) is 36.6 Å². The Morgan fingerprint density at radius 3 is 2.75 bits per heavy atom. The summed E-state index contributed by atoms with van der Waals surface area (Å²) in [4.78, 5) is 14.7. The summed E-state index contributed by atoms with van der Waals surface area (Å²) in [7, 11) is 1.69. The highest BCUT2D eigenvalue weighted by molar-refractivity contribution is 5.90. The molecule has 0 saturated heterocycles. The van der Waals surface area contributed by atoms with Gasteiger partial charge < -0.3 is 19.4 Å². The number of aromatic nitrogens is 2. The van der Waals surface area contributed by atoms with Crippen molar-refractivity contribution in [1.82, 2.24) is 15.1 Å². The summed E-state index contributed by atoms with van der Waals surface area (Å²) >= 11 is 0. The van der Waals surface area contributed by atoms with Crippen LogP contribution in [0.1, 0.15) is 18.4 Å². The number of methoxy groups -OCH3 is 1. The van der Waals surface area contributed by atoms with E-state index in [-0.39, 0.29) is 6.03 Å². The number of amides is 2. The Balaban J connectivity index is 1.68. The van der Waals surface area contributed by atoms with Crippen molar-refractivity contribution in [2.24, 2.45) is 0 Å². The third-order valence-electron chi connectivity index (χ3n) is 4.25. The topological polar surface area (TPSA) is 80.5 Å². The molecule has 28 heavy (non-hydrogen) atoms. The summed E-state index contributed by atoms with van der Waals surface area (Å²) in [6.45, 7) is 1.88. The van der Waals surface area contributed by atoms with Crippen molar-refractivity contribution >= 4 is 11.7 Å². The second-order valence-electron chi connectivity index (χ2n) is 6.36. The fourth-order valence-corrected chi connectivity index (χ4v) is 2.84. The molecule has 3 aromatic rings. The van der Waals surface area contributed by atoms with Crippen molar-refractivity contribution in [2.45, 2.75) is 19.4 Å². The van der Waals surface area contributed by atoms with Crippen LogP contribution in [0.5, 0.6) is 0 Å². The van der Waals surface area contributed by atoms with Crippen molar-refractivity contribution in [1.29, 1.82) is 0 Å². The first kappa shape index (κ1) is 19.6. The zero-order valence-corrected chi connectivity index (χ0v) is 15.9. The van der Waals surface area contributed by atoms with Crippen LogP contribution in [0.4, 0.5) is 10.5 Å². The number of rotatable bonds is 9. The number of hydrogen-bond donors (Lipinski definition) is 1. The summed E-state index contributed by atoms with van der Waals surface area (Å²) < 4.78 is 10.3. The van der Waals surface area contributed by atoms with Crippen LogP contribution in [0, 0.1) is 0 Å². The van der Waals surface area contributed by atoms with Crippen LogP contribution in [0.2, 0.25) is 0 Å². The Kier molecular flexibility index (Phi) is 7.14. The number of nitrogens with one attached hydrogen (secondary N) is 1. The highest BCUT2D eigenvalue weighted by atomic mass is 16.5. The van der Waals surface area contributed by atoms with Crippen molar-refractivity contribution < 1.29 is 13.9 Å². The second kappa shape index (κ2) is 10.2. The Bertz CT molecular complexity index is 853. The third kappa shape index (κ3) is 5.65. The predicted octanol–water partition coefficient (Wildman–Crippen LogP) is 4.20. The van der Waals surface area contributed by atoms with Gasteiger partial charge in [-0.2, -0.15) is 0 Å². The first-order valence-corrected chi connectivity index (χ1v) is 9.21. The molecule has 2 aromatic carbocycles. The van der Waals surface area contributed by atoms with Crippen molar-refractivity contribution in [3.05, 3.63) is 66.6 Å². The zero-order chi connectivity index (χ0) is 19.6. The van der Waals surface area contributed by atoms with Crippen LogP contribution in [0.3, 0.4) is 0 Å². The number of benzene rings is 2. The van der Waals surface area contributed by atoms with E-state index in [1.807, 2.05) is 59.5 Å². The highest BCUT2D eigenvalue weighted by Crippen LogP contribution is 2.21. The molecule has 0 spiro atoms. The van der Waals surface area contributed by atoms with Crippen LogP contribution < -0.4 is 5.32 Å². The lowest BCUT2D eigenvalue weighted by atomic mass is 10.2. The van der Waals surface area contributed by atoms with Crippen LogP contribution in [0.25, 0.3) is 11.5 Å². The van der Waals surface area contributed by atoms with Gasteiger partial charge in [-0.25, -0.2) is 4.79 Å². The van der Waals surface area contributed by atoms with E-state index in [1.54, 1.807) is 7.11 Å². The SMILES string of the molecule is COCCCCN(Cc1ccccc1)C(=O)Nc1cccc(-c2nnco2)c1. The van der Waals surface area contributed by atoms with Gasteiger partial charge in [-0.1, -0.05) is 36.4 Å². The number of urea groups is 1. The van der Waals surface area contributed by atoms with Crippen LogP contribution in [0.15, 0.2) is 65.4 Å². The molecule has 1 aromatic heterocycles. The lowest BCUT2D eigenvalue weighted by Crippen LogP contribution is -2.35. The molecule has 0 aliphatic rings. The van der Waals surface area contributed by atoms with Gasteiger partial charge in [-0.3, -0.25) is 0 Å². The molecule has 0 saturated carbocycles. The van der Waals surface area contributed by atoms with E-state index < -0.39 is 0 Å². The number of ether oxygens (including phenoxy) is 1. The van der Waals surface area contributed by atoms with E-state index in [9.17, 15) is 4.79 Å². The first-order chi connectivity index (χ1) is 13.8. The Labute approximate surface area is 164 Å². The van der Waals surface area contributed by atoms with Crippen molar-refractivity contribution in [3.63, 3.8) is 0 Å². The molecule has 146 valence electrons. The molecule has 2 amide bonds. The molecule has 0 atom stereocenters. The van der Waals surface area contributed by atoms with E-state index in [2.05, 4.69) is 15.5 Å². The highest BCUT2D eigenvalue weighted by Gasteiger charge is 2.15. The van der Waals surface area contributed by atoms with E-state index >= 15 is 0 Å². The number of hydrogen-bond acceptors (Lipinski definition) is 5. The van der Waals surface area contributed by atoms with Gasteiger partial charge in [0.05, 0.1) is 0 Å². The van der Waals surface area contributed by atoms with Crippen molar-refractivity contribution in [3.8, 4) is 11.5 Å². The van der Waals surface area contributed by atoms with Crippen LogP contribution in [-0.4, -0.2) is 41.4 Å². The van der Waals surface area contributed by atoms with Gasteiger partial charge in [-0.15, -0.1) is 10.2 Å². The monoisotopic (exact) mass is 380 g/mol. The molecule has 0 bridgehead atoms. The van der Waals surface area contributed by atoms with Gasteiger partial charge in [0, 0.05) is 38.1 Å². The van der Waals surface area contributed by atoms with Gasteiger partial charge in [0.15, 0.2) is 0 Å². The number of carbonyl (C=O) groups is 1. The Morgan fingerprint density at radius 1 is 1.14 bits per heavy atom. The molecule has 0 radical (unpaired) electrons. The standard InChI is InChI=1S/C21H24N4O3/c1-27-13-6-5-12-25(15-17-8-3-2-4-9-17)21(26)23-19-11-7-10-18(14-19)20-24-22-16-28-20/h2-4,7-11,14,16H,5-6,12-13,15H2,1H3,(H,23,26). The third-order valence-corrected chi connectivity index (χ3v) is 4.25. The van der Waals surface area contributed by atoms with Crippen molar-refractivity contribution in [2.75, 3.05) is 25.6 Å². The summed E-state index contributed by atoms with van der Waals surface area (Å²) in [5.74, 6) is 0.414. The molecule has 7 heteroatoms. The Hall–Kier alpha value is -3.19. The minimum absolute atomic E-state index is 0.149. The van der Waals surface area contributed by atoms with Gasteiger partial charge in [0.1, 0.15) is 0 Å². The molecule has 1 N–H and O–H groups in total. The maximum absolute atomic E-state index is 12.9. The second-order valence-corrected chi connectivity index (χ2v) is 6.36. The normalized spacial score (nSPS) is 10.6. The van der Waals surface area contributed by atoms with Gasteiger partial charge >= 0.3 is 6.03 Å². The number of nitrogens with zero attached hydrogens (tertiary/aromatic N) is 3. The Morgan fingerprint density at radius 2 is 2.00 bits per heavy atom. The van der Waals surface area contributed by atoms with Crippen LogP contribution >= 0.6 is 0 Å². The smallest absolute Gasteiger partial charge is 0.322 e. The van der Waals surface area contributed by atoms with E-state index in [1.165, 1.54) is 6.39 Å². The fraction of sp³-hybridized carbons (Fsp3) is 0.286. The zero-order valence-electron chi connectivity index (χ0n) is 15.9. The fourth-order valence-electron chi connectivity index (χ4n) is 2.84. The molecule has 0 aliphatic carbocycles. The van der Waals surface area contributed by atoms with E-state index in [0.29, 0.717) is 31.3 Å². The lowest BCUT2D eigenvalue weighted by Gasteiger charge is -2.23. The summed E-state index contributed by atoms with van der Waals surface area (Å²) in [5, 5.41) is 10.6.